The predicted octanol–water partition coefficient (Wildman–Crippen LogP) is 3.18. The SMILES string of the molecule is CCOc1ccc(-c2cc(C(=O)N3CCN(CC(=O)Nc4ccc(C)cc4)CC3)[nH]n2)cc1. The van der Waals surface area contributed by atoms with Crippen LogP contribution in [-0.4, -0.2) is 71.1 Å². The molecule has 0 aliphatic carbocycles. The van der Waals surface area contributed by atoms with Crippen LogP contribution in [0.2, 0.25) is 0 Å². The van der Waals surface area contributed by atoms with E-state index in [9.17, 15) is 9.59 Å². The summed E-state index contributed by atoms with van der Waals surface area (Å²) in [6.07, 6.45) is 0. The first-order chi connectivity index (χ1) is 16.0. The Hall–Kier alpha value is -3.65. The van der Waals surface area contributed by atoms with E-state index in [4.69, 9.17) is 4.74 Å². The second-order valence-electron chi connectivity index (χ2n) is 8.11. The van der Waals surface area contributed by atoms with E-state index in [2.05, 4.69) is 20.4 Å². The molecule has 2 heterocycles. The van der Waals surface area contributed by atoms with Crippen molar-refractivity contribution in [3.63, 3.8) is 0 Å². The van der Waals surface area contributed by atoms with E-state index in [1.54, 1.807) is 11.0 Å². The Labute approximate surface area is 193 Å². The van der Waals surface area contributed by atoms with Crippen LogP contribution >= 0.6 is 0 Å². The summed E-state index contributed by atoms with van der Waals surface area (Å²) in [5, 5.41) is 10.1. The van der Waals surface area contributed by atoms with Crippen LogP contribution in [-0.2, 0) is 4.79 Å². The van der Waals surface area contributed by atoms with Gasteiger partial charge in [0.05, 0.1) is 18.8 Å². The van der Waals surface area contributed by atoms with E-state index in [0.717, 1.165) is 22.6 Å². The summed E-state index contributed by atoms with van der Waals surface area (Å²) in [5.41, 5.74) is 4.04. The minimum Gasteiger partial charge on any atom is -0.494 e. The number of anilines is 1. The lowest BCUT2D eigenvalue weighted by atomic mass is 10.1. The zero-order chi connectivity index (χ0) is 23.2. The summed E-state index contributed by atoms with van der Waals surface area (Å²) < 4.78 is 5.47. The molecule has 1 aliphatic rings. The minimum atomic E-state index is -0.0801. The fraction of sp³-hybridized carbons (Fsp3) is 0.320. The fourth-order valence-electron chi connectivity index (χ4n) is 3.79. The van der Waals surface area contributed by atoms with Gasteiger partial charge in [-0.3, -0.25) is 19.6 Å². The maximum Gasteiger partial charge on any atom is 0.271 e. The largest absolute Gasteiger partial charge is 0.494 e. The lowest BCUT2D eigenvalue weighted by Gasteiger charge is -2.34. The van der Waals surface area contributed by atoms with Crippen LogP contribution in [0, 0.1) is 6.92 Å². The normalized spacial score (nSPS) is 14.2. The molecule has 2 N–H and O–H groups in total. The number of nitrogens with zero attached hydrogens (tertiary/aromatic N) is 3. The quantitative estimate of drug-likeness (QED) is 0.581. The number of rotatable bonds is 7. The first-order valence-electron chi connectivity index (χ1n) is 11.2. The maximum atomic E-state index is 12.9. The highest BCUT2D eigenvalue weighted by Crippen LogP contribution is 2.22. The number of aryl methyl sites for hydroxylation is 1. The lowest BCUT2D eigenvalue weighted by Crippen LogP contribution is -2.50. The smallest absolute Gasteiger partial charge is 0.271 e. The van der Waals surface area contributed by atoms with Crippen molar-refractivity contribution in [3.8, 4) is 17.0 Å². The molecule has 33 heavy (non-hydrogen) atoms. The van der Waals surface area contributed by atoms with Gasteiger partial charge in [-0.15, -0.1) is 0 Å². The highest BCUT2D eigenvalue weighted by atomic mass is 16.5. The van der Waals surface area contributed by atoms with Crippen LogP contribution < -0.4 is 10.1 Å². The molecule has 8 nitrogen and oxygen atoms in total. The first kappa shape index (κ1) is 22.5. The third-order valence-corrected chi connectivity index (χ3v) is 5.63. The van der Waals surface area contributed by atoms with Gasteiger partial charge in [0, 0.05) is 37.4 Å². The number of carbonyl (C=O) groups is 2. The molecule has 2 amide bonds. The van der Waals surface area contributed by atoms with Crippen LogP contribution in [0.15, 0.2) is 54.6 Å². The van der Waals surface area contributed by atoms with Gasteiger partial charge in [0.2, 0.25) is 5.91 Å². The van der Waals surface area contributed by atoms with Crippen LogP contribution in [0.25, 0.3) is 11.3 Å². The van der Waals surface area contributed by atoms with Crippen molar-refractivity contribution >= 4 is 17.5 Å². The molecule has 172 valence electrons. The molecule has 0 spiro atoms. The summed E-state index contributed by atoms with van der Waals surface area (Å²) >= 11 is 0. The molecular weight excluding hydrogens is 418 g/mol. The van der Waals surface area contributed by atoms with Gasteiger partial charge >= 0.3 is 0 Å². The number of nitrogens with one attached hydrogen (secondary N) is 2. The molecule has 1 fully saturated rings. The van der Waals surface area contributed by atoms with Gasteiger partial charge in [-0.25, -0.2) is 0 Å². The number of aromatic amines is 1. The molecule has 0 unspecified atom stereocenters. The molecule has 8 heteroatoms. The van der Waals surface area contributed by atoms with Crippen molar-refractivity contribution in [1.29, 1.82) is 0 Å². The van der Waals surface area contributed by atoms with Gasteiger partial charge in [0.1, 0.15) is 11.4 Å². The molecule has 0 bridgehead atoms. The number of aromatic nitrogens is 2. The number of benzene rings is 2. The van der Waals surface area contributed by atoms with Crippen LogP contribution in [0.3, 0.4) is 0 Å². The first-order valence-corrected chi connectivity index (χ1v) is 11.2. The molecule has 3 aromatic rings. The third kappa shape index (κ3) is 5.78. The number of H-pyrrole nitrogens is 1. The number of hydrogen-bond acceptors (Lipinski definition) is 5. The highest BCUT2D eigenvalue weighted by molar-refractivity contribution is 5.94. The summed E-state index contributed by atoms with van der Waals surface area (Å²) in [6, 6.07) is 17.1. The van der Waals surface area contributed by atoms with Crippen LogP contribution in [0.5, 0.6) is 5.75 Å². The van der Waals surface area contributed by atoms with Crippen molar-refractivity contribution in [1.82, 2.24) is 20.0 Å². The van der Waals surface area contributed by atoms with E-state index in [0.29, 0.717) is 50.7 Å². The Balaban J connectivity index is 1.28. The van der Waals surface area contributed by atoms with Crippen molar-refractivity contribution in [2.45, 2.75) is 13.8 Å². The van der Waals surface area contributed by atoms with Gasteiger partial charge in [-0.05, 0) is 56.3 Å². The molecule has 0 atom stereocenters. The molecule has 1 saturated heterocycles. The third-order valence-electron chi connectivity index (χ3n) is 5.63. The van der Waals surface area contributed by atoms with Crippen molar-refractivity contribution in [3.05, 3.63) is 65.9 Å². The molecule has 2 aromatic carbocycles. The van der Waals surface area contributed by atoms with Crippen LogP contribution in [0.1, 0.15) is 23.0 Å². The van der Waals surface area contributed by atoms with E-state index < -0.39 is 0 Å². The zero-order valence-corrected chi connectivity index (χ0v) is 19.0. The van der Waals surface area contributed by atoms with Gasteiger partial charge in [0.25, 0.3) is 5.91 Å². The number of carbonyl (C=O) groups excluding carboxylic acids is 2. The molecule has 1 aliphatic heterocycles. The second-order valence-corrected chi connectivity index (χ2v) is 8.11. The van der Waals surface area contributed by atoms with E-state index in [1.165, 1.54) is 0 Å². The average Bonchev–Trinajstić information content (AvgIpc) is 3.32. The zero-order valence-electron chi connectivity index (χ0n) is 19.0. The van der Waals surface area contributed by atoms with Crippen molar-refractivity contribution in [2.75, 3.05) is 44.6 Å². The molecule has 1 aromatic heterocycles. The average molecular weight is 448 g/mol. The maximum absolute atomic E-state index is 12.9. The highest BCUT2D eigenvalue weighted by Gasteiger charge is 2.24. The molecular formula is C25H29N5O3. The standard InChI is InChI=1S/C25H29N5O3/c1-3-33-21-10-6-19(7-11-21)22-16-23(28-27-22)25(32)30-14-12-29(13-15-30)17-24(31)26-20-8-4-18(2)5-9-20/h4-11,16H,3,12-15,17H2,1-2H3,(H,26,31)(H,27,28). The summed E-state index contributed by atoms with van der Waals surface area (Å²) in [7, 11) is 0. The molecule has 4 rings (SSSR count). The van der Waals surface area contributed by atoms with Crippen molar-refractivity contribution in [2.24, 2.45) is 0 Å². The van der Waals surface area contributed by atoms with Gasteiger partial charge in [-0.1, -0.05) is 17.7 Å². The Kier molecular flexibility index (Phi) is 7.04. The van der Waals surface area contributed by atoms with Gasteiger partial charge in [0.15, 0.2) is 0 Å². The number of piperazine rings is 1. The Bertz CT molecular complexity index is 1080. The second kappa shape index (κ2) is 10.3. The van der Waals surface area contributed by atoms with Gasteiger partial charge in [-0.2, -0.15) is 5.10 Å². The number of ether oxygens (including phenoxy) is 1. The Morgan fingerprint density at radius 3 is 2.39 bits per heavy atom. The Morgan fingerprint density at radius 1 is 1.03 bits per heavy atom. The van der Waals surface area contributed by atoms with E-state index in [-0.39, 0.29) is 11.8 Å². The molecule has 0 radical (unpaired) electrons. The molecule has 0 saturated carbocycles. The van der Waals surface area contributed by atoms with Crippen molar-refractivity contribution < 1.29 is 14.3 Å². The predicted molar refractivity (Wildman–Crippen MR) is 127 cm³/mol. The lowest BCUT2D eigenvalue weighted by molar-refractivity contribution is -0.117. The number of amides is 2. The summed E-state index contributed by atoms with van der Waals surface area (Å²) in [4.78, 5) is 29.1. The van der Waals surface area contributed by atoms with E-state index >= 15 is 0 Å². The monoisotopic (exact) mass is 447 g/mol. The van der Waals surface area contributed by atoms with Crippen LogP contribution in [0.4, 0.5) is 5.69 Å². The minimum absolute atomic E-state index is 0.0489. The Morgan fingerprint density at radius 2 is 1.73 bits per heavy atom. The number of hydrogen-bond donors (Lipinski definition) is 2. The van der Waals surface area contributed by atoms with E-state index in [1.807, 2.05) is 62.4 Å². The summed E-state index contributed by atoms with van der Waals surface area (Å²) in [5.74, 6) is 0.675. The topological polar surface area (TPSA) is 90.6 Å². The fourth-order valence-corrected chi connectivity index (χ4v) is 3.79. The summed E-state index contributed by atoms with van der Waals surface area (Å²) in [6.45, 7) is 7.30. The van der Waals surface area contributed by atoms with Gasteiger partial charge < -0.3 is 15.0 Å².